The number of fused-ring (bicyclic) bond motifs is 1. The Morgan fingerprint density at radius 3 is 2.87 bits per heavy atom. The molecule has 7 heteroatoms. The molecular formula is C24H31N3O4. The quantitative estimate of drug-likeness (QED) is 0.465. The Kier molecular flexibility index (Phi) is 6.14. The van der Waals surface area contributed by atoms with Gasteiger partial charge in [0.2, 0.25) is 0 Å². The SMILES string of the molecule is C=CCn1c(O[C@H]2CN[C@H](C(=O)C[C@]3(C(=O)OCC)C[C@H]3CC)C2)nc2ccccc21. The molecule has 1 N–H and O–H groups in total. The fourth-order valence-electron chi connectivity index (χ4n) is 4.80. The first-order valence-electron chi connectivity index (χ1n) is 11.2. The Labute approximate surface area is 182 Å². The molecule has 0 unspecified atom stereocenters. The second-order valence-corrected chi connectivity index (χ2v) is 8.55. The van der Waals surface area contributed by atoms with Crippen LogP contribution in [0.3, 0.4) is 0 Å². The maximum atomic E-state index is 13.0. The van der Waals surface area contributed by atoms with E-state index in [1.807, 2.05) is 34.9 Å². The van der Waals surface area contributed by atoms with Gasteiger partial charge in [0.1, 0.15) is 6.10 Å². The van der Waals surface area contributed by atoms with Gasteiger partial charge in [-0.05, 0) is 31.4 Å². The molecule has 7 nitrogen and oxygen atoms in total. The van der Waals surface area contributed by atoms with Crippen LogP contribution in [0.25, 0.3) is 11.0 Å². The van der Waals surface area contributed by atoms with Crippen LogP contribution in [0.2, 0.25) is 0 Å². The number of para-hydroxylation sites is 2. The number of carbonyl (C=O) groups is 2. The van der Waals surface area contributed by atoms with Crippen molar-refractivity contribution in [2.45, 2.75) is 58.2 Å². The van der Waals surface area contributed by atoms with Gasteiger partial charge in [-0.25, -0.2) is 0 Å². The topological polar surface area (TPSA) is 82.5 Å². The summed E-state index contributed by atoms with van der Waals surface area (Å²) in [6.45, 7) is 9.20. The van der Waals surface area contributed by atoms with E-state index in [1.54, 1.807) is 6.92 Å². The molecular weight excluding hydrogens is 394 g/mol. The fourth-order valence-corrected chi connectivity index (χ4v) is 4.80. The lowest BCUT2D eigenvalue weighted by atomic mass is 9.92. The second kappa shape index (κ2) is 8.83. The van der Waals surface area contributed by atoms with Crippen LogP contribution in [0.5, 0.6) is 6.01 Å². The highest BCUT2D eigenvalue weighted by Crippen LogP contribution is 2.58. The Balaban J connectivity index is 1.41. The third-order valence-corrected chi connectivity index (χ3v) is 6.58. The minimum Gasteiger partial charge on any atom is -0.466 e. The van der Waals surface area contributed by atoms with E-state index in [4.69, 9.17) is 9.47 Å². The van der Waals surface area contributed by atoms with E-state index in [0.29, 0.717) is 32.1 Å². The van der Waals surface area contributed by atoms with Gasteiger partial charge < -0.3 is 14.8 Å². The molecule has 4 atom stereocenters. The summed E-state index contributed by atoms with van der Waals surface area (Å²) in [7, 11) is 0. The van der Waals surface area contributed by atoms with Crippen LogP contribution in [0.1, 0.15) is 39.5 Å². The summed E-state index contributed by atoms with van der Waals surface area (Å²) >= 11 is 0. The number of rotatable bonds is 10. The van der Waals surface area contributed by atoms with Gasteiger partial charge in [0.05, 0.1) is 29.1 Å². The van der Waals surface area contributed by atoms with Gasteiger partial charge in [-0.15, -0.1) is 6.58 Å². The number of benzene rings is 1. The minimum absolute atomic E-state index is 0.0645. The lowest BCUT2D eigenvalue weighted by molar-refractivity contribution is -0.152. The third-order valence-electron chi connectivity index (χ3n) is 6.58. The van der Waals surface area contributed by atoms with Crippen molar-refractivity contribution in [2.24, 2.45) is 11.3 Å². The first-order valence-corrected chi connectivity index (χ1v) is 11.2. The molecule has 31 heavy (non-hydrogen) atoms. The molecule has 2 fully saturated rings. The molecule has 2 heterocycles. The van der Waals surface area contributed by atoms with E-state index in [0.717, 1.165) is 23.9 Å². The molecule has 1 aliphatic carbocycles. The summed E-state index contributed by atoms with van der Waals surface area (Å²) in [4.78, 5) is 30.1. The van der Waals surface area contributed by atoms with E-state index >= 15 is 0 Å². The number of ketones is 1. The summed E-state index contributed by atoms with van der Waals surface area (Å²) < 4.78 is 13.5. The van der Waals surface area contributed by atoms with E-state index in [-0.39, 0.29) is 36.2 Å². The monoisotopic (exact) mass is 425 g/mol. The summed E-state index contributed by atoms with van der Waals surface area (Å²) in [6, 6.07) is 8.11. The Morgan fingerprint density at radius 1 is 1.35 bits per heavy atom. The zero-order valence-corrected chi connectivity index (χ0v) is 18.3. The van der Waals surface area contributed by atoms with E-state index in [1.165, 1.54) is 0 Å². The van der Waals surface area contributed by atoms with Crippen molar-refractivity contribution in [2.75, 3.05) is 13.2 Å². The summed E-state index contributed by atoms with van der Waals surface area (Å²) in [6.07, 6.45) is 4.08. The minimum atomic E-state index is -0.625. The maximum Gasteiger partial charge on any atom is 0.312 e. The fraction of sp³-hybridized carbons (Fsp3) is 0.542. The second-order valence-electron chi connectivity index (χ2n) is 8.55. The highest BCUT2D eigenvalue weighted by molar-refractivity contribution is 5.92. The van der Waals surface area contributed by atoms with E-state index in [9.17, 15) is 9.59 Å². The summed E-state index contributed by atoms with van der Waals surface area (Å²) in [5.41, 5.74) is 1.24. The number of Topliss-reactive ketones (excluding diaryl/α,β-unsaturated/α-hetero) is 1. The van der Waals surface area contributed by atoms with Crippen LogP contribution >= 0.6 is 0 Å². The number of carbonyl (C=O) groups excluding carboxylic acids is 2. The van der Waals surface area contributed by atoms with Gasteiger partial charge in [-0.1, -0.05) is 31.6 Å². The van der Waals surface area contributed by atoms with Gasteiger partial charge in [-0.2, -0.15) is 4.98 Å². The summed E-state index contributed by atoms with van der Waals surface area (Å²) in [5.74, 6) is 0.0802. The van der Waals surface area contributed by atoms with Crippen LogP contribution in [0.4, 0.5) is 0 Å². The predicted octanol–water partition coefficient (Wildman–Crippen LogP) is 3.27. The smallest absolute Gasteiger partial charge is 0.312 e. The molecule has 1 aliphatic heterocycles. The number of imidazole rings is 1. The van der Waals surface area contributed by atoms with Crippen molar-refractivity contribution < 1.29 is 19.1 Å². The van der Waals surface area contributed by atoms with Gasteiger partial charge in [0.15, 0.2) is 5.78 Å². The molecule has 2 aromatic rings. The first-order chi connectivity index (χ1) is 15.0. The molecule has 166 valence electrons. The average molecular weight is 426 g/mol. The third kappa shape index (κ3) is 4.11. The van der Waals surface area contributed by atoms with E-state index in [2.05, 4.69) is 23.8 Å². The van der Waals surface area contributed by atoms with Crippen molar-refractivity contribution in [3.63, 3.8) is 0 Å². The number of hydrogen-bond donors (Lipinski definition) is 1. The number of allylic oxidation sites excluding steroid dienone is 1. The zero-order chi connectivity index (χ0) is 22.0. The molecule has 0 bridgehead atoms. The molecule has 4 rings (SSSR count). The first kappa shape index (κ1) is 21.6. The van der Waals surface area contributed by atoms with E-state index < -0.39 is 5.41 Å². The van der Waals surface area contributed by atoms with Crippen LogP contribution in [-0.2, 0) is 20.9 Å². The molecule has 1 saturated carbocycles. The maximum absolute atomic E-state index is 13.0. The number of esters is 1. The average Bonchev–Trinajstić information content (AvgIpc) is 3.10. The molecule has 2 aliphatic rings. The van der Waals surface area contributed by atoms with Crippen LogP contribution in [0.15, 0.2) is 36.9 Å². The number of aromatic nitrogens is 2. The van der Waals surface area contributed by atoms with Gasteiger partial charge in [0, 0.05) is 25.9 Å². The largest absolute Gasteiger partial charge is 0.466 e. The van der Waals surface area contributed by atoms with Crippen molar-refractivity contribution in [1.82, 2.24) is 14.9 Å². The Bertz CT molecular complexity index is 984. The van der Waals surface area contributed by atoms with Crippen molar-refractivity contribution in [3.8, 4) is 6.01 Å². The number of hydrogen-bond acceptors (Lipinski definition) is 6. The standard InChI is InChI=1S/C24H31N3O4/c1-4-11-27-20-10-8-7-9-18(20)26-23(27)31-17-12-19(25-15-17)21(28)14-24(13-16(24)5-2)22(29)30-6-3/h4,7-10,16-17,19,25H,1,5-6,11-15H2,2-3H3/t16-,17-,19+,24-/m1/s1. The Morgan fingerprint density at radius 2 is 2.16 bits per heavy atom. The molecule has 0 spiro atoms. The number of nitrogens with zero attached hydrogens (tertiary/aromatic N) is 2. The molecule has 0 amide bonds. The van der Waals surface area contributed by atoms with Crippen molar-refractivity contribution in [1.29, 1.82) is 0 Å². The molecule has 0 radical (unpaired) electrons. The van der Waals surface area contributed by atoms with Gasteiger partial charge in [-0.3, -0.25) is 14.2 Å². The zero-order valence-electron chi connectivity index (χ0n) is 18.3. The number of nitrogens with one attached hydrogen (secondary N) is 1. The molecule has 1 saturated heterocycles. The normalized spacial score (nSPS) is 27.2. The van der Waals surface area contributed by atoms with Crippen LogP contribution in [-0.4, -0.2) is 46.6 Å². The lowest BCUT2D eigenvalue weighted by Gasteiger charge is -2.18. The van der Waals surface area contributed by atoms with Gasteiger partial charge in [0.25, 0.3) is 6.01 Å². The highest BCUT2D eigenvalue weighted by atomic mass is 16.5. The van der Waals surface area contributed by atoms with Crippen LogP contribution < -0.4 is 10.1 Å². The van der Waals surface area contributed by atoms with Crippen molar-refractivity contribution in [3.05, 3.63) is 36.9 Å². The molecule has 1 aromatic heterocycles. The predicted molar refractivity (Wildman–Crippen MR) is 118 cm³/mol. The highest BCUT2D eigenvalue weighted by Gasteiger charge is 2.61. The molecule has 1 aromatic carbocycles. The van der Waals surface area contributed by atoms with Gasteiger partial charge >= 0.3 is 5.97 Å². The Hall–Kier alpha value is -2.67. The lowest BCUT2D eigenvalue weighted by Crippen LogP contribution is -2.35. The van der Waals surface area contributed by atoms with Crippen LogP contribution in [0, 0.1) is 11.3 Å². The summed E-state index contributed by atoms with van der Waals surface area (Å²) in [5, 5.41) is 3.28. The number of ether oxygens (including phenoxy) is 2. The van der Waals surface area contributed by atoms with Crippen molar-refractivity contribution >= 4 is 22.8 Å².